The Hall–Kier alpha value is -0.743. The fourth-order valence-electron chi connectivity index (χ4n) is 1.24. The maximum atomic E-state index is 13.7. The van der Waals surface area contributed by atoms with Crippen molar-refractivity contribution in [2.75, 3.05) is 7.11 Å². The highest BCUT2D eigenvalue weighted by molar-refractivity contribution is 6.74. The molecule has 0 aliphatic carbocycles. The van der Waals surface area contributed by atoms with E-state index in [9.17, 15) is 4.39 Å². The molecular weight excluding hydrogens is 271 g/mol. The van der Waals surface area contributed by atoms with Gasteiger partial charge in [0.15, 0.2) is 11.6 Å². The number of rotatable bonds is 3. The fourth-order valence-corrected chi connectivity index (χ4v) is 2.53. The van der Waals surface area contributed by atoms with E-state index in [1.807, 2.05) is 0 Å². The summed E-state index contributed by atoms with van der Waals surface area (Å²) in [7, 11) is -0.598. The van der Waals surface area contributed by atoms with E-state index in [4.69, 9.17) is 20.8 Å². The van der Waals surface area contributed by atoms with E-state index >= 15 is 0 Å². The fraction of sp³-hybridized carbons (Fsp3) is 0.538. The smallest absolute Gasteiger partial charge is 0.250 e. The van der Waals surface area contributed by atoms with Crippen LogP contribution in [0.2, 0.25) is 23.2 Å². The summed E-state index contributed by atoms with van der Waals surface area (Å²) in [4.78, 5) is 0. The van der Waals surface area contributed by atoms with Crippen LogP contribution < -0.4 is 9.16 Å². The number of hydrogen-bond acceptors (Lipinski definition) is 2. The van der Waals surface area contributed by atoms with E-state index in [1.54, 1.807) is 6.07 Å². The van der Waals surface area contributed by atoms with Gasteiger partial charge in [-0.2, -0.15) is 0 Å². The molecule has 0 heterocycles. The van der Waals surface area contributed by atoms with Crippen LogP contribution in [0.5, 0.6) is 11.5 Å². The second-order valence-corrected chi connectivity index (χ2v) is 10.9. The van der Waals surface area contributed by atoms with Crippen LogP contribution in [0.4, 0.5) is 4.39 Å². The summed E-state index contributed by atoms with van der Waals surface area (Å²) in [6.45, 7) is 10.6. The lowest BCUT2D eigenvalue weighted by molar-refractivity contribution is 0.384. The van der Waals surface area contributed by atoms with Crippen molar-refractivity contribution in [3.63, 3.8) is 0 Å². The molecule has 18 heavy (non-hydrogen) atoms. The first kappa shape index (κ1) is 15.3. The summed E-state index contributed by atoms with van der Waals surface area (Å²) in [6, 6.07) is 2.93. The third kappa shape index (κ3) is 3.17. The molecule has 0 spiro atoms. The lowest BCUT2D eigenvalue weighted by Gasteiger charge is -2.36. The Morgan fingerprint density at radius 2 is 1.78 bits per heavy atom. The average molecular weight is 291 g/mol. The minimum atomic E-state index is -1.99. The molecule has 0 bridgehead atoms. The highest BCUT2D eigenvalue weighted by atomic mass is 35.5. The molecule has 102 valence electrons. The standard InChI is InChI=1S/C13H20ClFO2Si/c1-13(2,3)18(5,6)17-9-7-10(14)12(16-4)11(15)8-9/h7-8H,1-6H3. The molecule has 1 aromatic rings. The molecule has 0 fully saturated rings. The second-order valence-electron chi connectivity index (χ2n) is 5.78. The van der Waals surface area contributed by atoms with Crippen molar-refractivity contribution < 1.29 is 13.6 Å². The van der Waals surface area contributed by atoms with E-state index in [2.05, 4.69) is 33.9 Å². The summed E-state index contributed by atoms with van der Waals surface area (Å²) in [5, 5.41) is 0.279. The third-order valence-electron chi connectivity index (χ3n) is 3.36. The van der Waals surface area contributed by atoms with Crippen LogP contribution in [0.1, 0.15) is 20.8 Å². The normalized spacial score (nSPS) is 12.4. The summed E-state index contributed by atoms with van der Waals surface area (Å²) in [6.07, 6.45) is 0. The van der Waals surface area contributed by atoms with Crippen LogP contribution in [0, 0.1) is 5.82 Å². The van der Waals surface area contributed by atoms with E-state index in [1.165, 1.54) is 13.2 Å². The molecule has 5 heteroatoms. The number of halogens is 2. The Kier molecular flexibility index (Phi) is 4.33. The summed E-state index contributed by atoms with van der Waals surface area (Å²) in [5.74, 6) is 0.0165. The minimum absolute atomic E-state index is 0.0515. The first-order valence-corrected chi connectivity index (χ1v) is 9.09. The SMILES string of the molecule is COc1c(F)cc(O[Si](C)(C)C(C)(C)C)cc1Cl. The number of methoxy groups -OCH3 is 1. The van der Waals surface area contributed by atoms with Crippen molar-refractivity contribution in [3.05, 3.63) is 23.0 Å². The molecule has 0 aromatic heterocycles. The lowest BCUT2D eigenvalue weighted by Crippen LogP contribution is -2.43. The third-order valence-corrected chi connectivity index (χ3v) is 7.99. The highest BCUT2D eigenvalue weighted by Crippen LogP contribution is 2.39. The molecule has 0 amide bonds. The van der Waals surface area contributed by atoms with Crippen LogP contribution in [-0.2, 0) is 0 Å². The molecule has 0 radical (unpaired) electrons. The van der Waals surface area contributed by atoms with Gasteiger partial charge in [-0.1, -0.05) is 32.4 Å². The molecule has 0 aliphatic rings. The molecule has 1 rings (SSSR count). The topological polar surface area (TPSA) is 18.5 Å². The van der Waals surface area contributed by atoms with Crippen molar-refractivity contribution in [3.8, 4) is 11.5 Å². The summed E-state index contributed by atoms with van der Waals surface area (Å²) < 4.78 is 24.6. The Morgan fingerprint density at radius 1 is 1.22 bits per heavy atom. The zero-order valence-corrected chi connectivity index (χ0v) is 13.5. The van der Waals surface area contributed by atoms with Gasteiger partial charge < -0.3 is 9.16 Å². The van der Waals surface area contributed by atoms with E-state index in [-0.39, 0.29) is 15.8 Å². The zero-order valence-electron chi connectivity index (χ0n) is 11.7. The number of ether oxygens (including phenoxy) is 1. The zero-order chi connectivity index (χ0) is 14.1. The van der Waals surface area contributed by atoms with Crippen LogP contribution >= 0.6 is 11.6 Å². The summed E-state index contributed by atoms with van der Waals surface area (Å²) >= 11 is 5.95. The highest BCUT2D eigenvalue weighted by Gasteiger charge is 2.39. The second kappa shape index (κ2) is 5.09. The first-order valence-electron chi connectivity index (χ1n) is 5.80. The molecule has 0 saturated carbocycles. The predicted molar refractivity (Wildman–Crippen MR) is 75.8 cm³/mol. The number of benzene rings is 1. The monoisotopic (exact) mass is 290 g/mol. The minimum Gasteiger partial charge on any atom is -0.543 e. The molecule has 1 aromatic carbocycles. The molecule has 0 N–H and O–H groups in total. The van der Waals surface area contributed by atoms with Gasteiger partial charge in [0, 0.05) is 12.1 Å². The van der Waals surface area contributed by atoms with Crippen LogP contribution in [0.25, 0.3) is 0 Å². The van der Waals surface area contributed by atoms with Crippen LogP contribution in [0.3, 0.4) is 0 Å². The maximum Gasteiger partial charge on any atom is 0.250 e. The first-order chi connectivity index (χ1) is 8.08. The maximum absolute atomic E-state index is 13.7. The quantitative estimate of drug-likeness (QED) is 0.739. The van der Waals surface area contributed by atoms with Gasteiger partial charge in [0.1, 0.15) is 5.75 Å². The van der Waals surface area contributed by atoms with Gasteiger partial charge in [-0.05, 0) is 18.1 Å². The average Bonchev–Trinajstić information content (AvgIpc) is 2.14. The van der Waals surface area contributed by atoms with Crippen molar-refractivity contribution >= 4 is 19.9 Å². The van der Waals surface area contributed by atoms with Gasteiger partial charge in [0.25, 0.3) is 0 Å². The van der Waals surface area contributed by atoms with E-state index < -0.39 is 14.1 Å². The van der Waals surface area contributed by atoms with Gasteiger partial charge in [-0.25, -0.2) is 4.39 Å². The Labute approximate surface area is 114 Å². The molecule has 0 aliphatic heterocycles. The Bertz CT molecular complexity index is 418. The van der Waals surface area contributed by atoms with Crippen LogP contribution in [0.15, 0.2) is 12.1 Å². The van der Waals surface area contributed by atoms with Crippen molar-refractivity contribution in [1.82, 2.24) is 0 Å². The summed E-state index contributed by atoms with van der Waals surface area (Å²) in [5.41, 5.74) is 0. The van der Waals surface area contributed by atoms with Crippen molar-refractivity contribution in [1.29, 1.82) is 0 Å². The van der Waals surface area contributed by atoms with E-state index in [0.717, 1.165) is 0 Å². The predicted octanol–water partition coefficient (Wildman–Crippen LogP) is 4.87. The molecule has 0 saturated heterocycles. The molecule has 0 unspecified atom stereocenters. The van der Waals surface area contributed by atoms with Gasteiger partial charge in [0.05, 0.1) is 12.1 Å². The largest absolute Gasteiger partial charge is 0.543 e. The Balaban J connectivity index is 3.07. The van der Waals surface area contributed by atoms with E-state index in [0.29, 0.717) is 5.75 Å². The Morgan fingerprint density at radius 3 is 2.17 bits per heavy atom. The molecule has 2 nitrogen and oxygen atoms in total. The van der Waals surface area contributed by atoms with Gasteiger partial charge in [-0.15, -0.1) is 0 Å². The van der Waals surface area contributed by atoms with Gasteiger partial charge in [0.2, 0.25) is 8.32 Å². The number of hydrogen-bond donors (Lipinski definition) is 0. The molecule has 0 atom stereocenters. The van der Waals surface area contributed by atoms with Crippen LogP contribution in [-0.4, -0.2) is 15.4 Å². The lowest BCUT2D eigenvalue weighted by atomic mass is 10.2. The van der Waals surface area contributed by atoms with Gasteiger partial charge in [-0.3, -0.25) is 0 Å². The van der Waals surface area contributed by atoms with Gasteiger partial charge >= 0.3 is 0 Å². The molecular formula is C13H20ClFO2Si. The van der Waals surface area contributed by atoms with Crippen molar-refractivity contribution in [2.45, 2.75) is 38.9 Å². The van der Waals surface area contributed by atoms with Crippen molar-refractivity contribution in [2.24, 2.45) is 0 Å².